The third-order valence-electron chi connectivity index (χ3n) is 2.91. The van der Waals surface area contributed by atoms with Crippen molar-refractivity contribution in [3.63, 3.8) is 0 Å². The molecule has 104 valence electrons. The summed E-state index contributed by atoms with van der Waals surface area (Å²) in [5.74, 6) is 2.48. The lowest BCUT2D eigenvalue weighted by atomic mass is 10.2. The number of nitrogen functional groups attached to an aromatic ring is 1. The number of thiophene rings is 1. The molecule has 0 amide bonds. The Balaban J connectivity index is 1.79. The van der Waals surface area contributed by atoms with E-state index in [0.717, 1.165) is 22.6 Å². The van der Waals surface area contributed by atoms with Crippen molar-refractivity contribution in [2.24, 2.45) is 0 Å². The van der Waals surface area contributed by atoms with Crippen molar-refractivity contribution < 1.29 is 0 Å². The highest BCUT2D eigenvalue weighted by atomic mass is 32.2. The summed E-state index contributed by atoms with van der Waals surface area (Å²) in [6.07, 6.45) is 7.22. The molecular formula is C13H20N4S2. The first-order valence-electron chi connectivity index (χ1n) is 6.55. The molecule has 0 saturated heterocycles. The Morgan fingerprint density at radius 3 is 2.95 bits per heavy atom. The van der Waals surface area contributed by atoms with E-state index in [-0.39, 0.29) is 0 Å². The standard InChI is InChI=1S/C13H20N4S2/c1-18-8-5-3-2-4-7-15-11-10-6-9-19-12(10)17-13(14)16-11/h6,9H,2-5,7-8H2,1H3,(H3,14,15,16,17). The molecule has 2 heterocycles. The van der Waals surface area contributed by atoms with Crippen LogP contribution in [0, 0.1) is 0 Å². The number of anilines is 2. The number of aromatic nitrogens is 2. The van der Waals surface area contributed by atoms with Crippen LogP contribution < -0.4 is 11.1 Å². The molecule has 2 aromatic rings. The molecule has 0 radical (unpaired) electrons. The maximum absolute atomic E-state index is 5.71. The molecule has 0 aromatic carbocycles. The van der Waals surface area contributed by atoms with Gasteiger partial charge in [-0.3, -0.25) is 0 Å². The predicted molar refractivity (Wildman–Crippen MR) is 87.2 cm³/mol. The number of nitrogens with one attached hydrogen (secondary N) is 1. The Hall–Kier alpha value is -1.01. The number of hydrogen-bond donors (Lipinski definition) is 2. The van der Waals surface area contributed by atoms with Crippen molar-refractivity contribution in [1.82, 2.24) is 9.97 Å². The van der Waals surface area contributed by atoms with Crippen LogP contribution in [-0.4, -0.2) is 28.5 Å². The average molecular weight is 296 g/mol. The molecule has 0 aliphatic carbocycles. The smallest absolute Gasteiger partial charge is 0.223 e. The van der Waals surface area contributed by atoms with E-state index in [1.165, 1.54) is 31.4 Å². The molecule has 6 heteroatoms. The molecule has 0 unspecified atom stereocenters. The van der Waals surface area contributed by atoms with Gasteiger partial charge in [-0.05, 0) is 36.3 Å². The Kier molecular flexibility index (Phi) is 5.72. The van der Waals surface area contributed by atoms with Crippen LogP contribution in [0.2, 0.25) is 0 Å². The van der Waals surface area contributed by atoms with Crippen LogP contribution in [-0.2, 0) is 0 Å². The van der Waals surface area contributed by atoms with Crippen LogP contribution in [0.3, 0.4) is 0 Å². The molecule has 0 spiro atoms. The summed E-state index contributed by atoms with van der Waals surface area (Å²) in [5, 5.41) is 6.47. The first-order valence-corrected chi connectivity index (χ1v) is 8.82. The van der Waals surface area contributed by atoms with Crippen molar-refractivity contribution >= 4 is 45.1 Å². The third-order valence-corrected chi connectivity index (χ3v) is 4.41. The monoisotopic (exact) mass is 296 g/mol. The molecule has 0 fully saturated rings. The highest BCUT2D eigenvalue weighted by Gasteiger charge is 2.06. The summed E-state index contributed by atoms with van der Waals surface area (Å²) >= 11 is 3.52. The van der Waals surface area contributed by atoms with Crippen molar-refractivity contribution in [3.05, 3.63) is 11.4 Å². The molecule has 19 heavy (non-hydrogen) atoms. The second-order valence-corrected chi connectivity index (χ2v) is 6.28. The Morgan fingerprint density at radius 1 is 1.26 bits per heavy atom. The third kappa shape index (κ3) is 4.24. The van der Waals surface area contributed by atoms with Gasteiger partial charge in [0, 0.05) is 6.54 Å². The zero-order valence-corrected chi connectivity index (χ0v) is 12.8. The fraction of sp³-hybridized carbons (Fsp3) is 0.538. The van der Waals surface area contributed by atoms with E-state index in [1.54, 1.807) is 11.3 Å². The molecule has 0 bridgehead atoms. The normalized spacial score (nSPS) is 11.0. The summed E-state index contributed by atoms with van der Waals surface area (Å²) in [6, 6.07) is 2.04. The molecule has 0 atom stereocenters. The van der Waals surface area contributed by atoms with E-state index >= 15 is 0 Å². The number of nitrogens with two attached hydrogens (primary N) is 1. The number of nitrogens with zero attached hydrogens (tertiary/aromatic N) is 2. The summed E-state index contributed by atoms with van der Waals surface area (Å²) in [5.41, 5.74) is 5.71. The van der Waals surface area contributed by atoms with Gasteiger partial charge in [0.15, 0.2) is 0 Å². The molecular weight excluding hydrogens is 276 g/mol. The van der Waals surface area contributed by atoms with Crippen LogP contribution in [0.5, 0.6) is 0 Å². The van der Waals surface area contributed by atoms with Crippen LogP contribution >= 0.6 is 23.1 Å². The average Bonchev–Trinajstić information content (AvgIpc) is 2.85. The second kappa shape index (κ2) is 7.55. The van der Waals surface area contributed by atoms with E-state index in [9.17, 15) is 0 Å². The molecule has 4 nitrogen and oxygen atoms in total. The fourth-order valence-corrected chi connectivity index (χ4v) is 3.20. The Bertz CT molecular complexity index is 512. The lowest BCUT2D eigenvalue weighted by Crippen LogP contribution is -2.06. The minimum Gasteiger partial charge on any atom is -0.369 e. The van der Waals surface area contributed by atoms with Gasteiger partial charge in [0.05, 0.1) is 5.39 Å². The second-order valence-electron chi connectivity index (χ2n) is 4.40. The van der Waals surface area contributed by atoms with E-state index < -0.39 is 0 Å². The fourth-order valence-electron chi connectivity index (χ4n) is 1.94. The number of fused-ring (bicyclic) bond motifs is 1. The van der Waals surface area contributed by atoms with Crippen molar-refractivity contribution in [1.29, 1.82) is 0 Å². The minimum atomic E-state index is 0.345. The first-order chi connectivity index (χ1) is 9.31. The van der Waals surface area contributed by atoms with Gasteiger partial charge in [0.2, 0.25) is 5.95 Å². The summed E-state index contributed by atoms with van der Waals surface area (Å²) in [4.78, 5) is 9.45. The van der Waals surface area contributed by atoms with Crippen molar-refractivity contribution in [2.45, 2.75) is 25.7 Å². The molecule has 0 saturated carbocycles. The Morgan fingerprint density at radius 2 is 2.11 bits per heavy atom. The van der Waals surface area contributed by atoms with Gasteiger partial charge in [-0.15, -0.1) is 11.3 Å². The van der Waals surface area contributed by atoms with Crippen LogP contribution in [0.4, 0.5) is 11.8 Å². The van der Waals surface area contributed by atoms with Gasteiger partial charge >= 0.3 is 0 Å². The van der Waals surface area contributed by atoms with Gasteiger partial charge in [-0.25, -0.2) is 4.98 Å². The van der Waals surface area contributed by atoms with Crippen molar-refractivity contribution in [3.8, 4) is 0 Å². The summed E-state index contributed by atoms with van der Waals surface area (Å²) in [7, 11) is 0. The van der Waals surface area contributed by atoms with E-state index in [0.29, 0.717) is 5.95 Å². The van der Waals surface area contributed by atoms with Crippen LogP contribution in [0.1, 0.15) is 25.7 Å². The van der Waals surface area contributed by atoms with Crippen molar-refractivity contribution in [2.75, 3.05) is 29.6 Å². The number of hydrogen-bond acceptors (Lipinski definition) is 6. The summed E-state index contributed by atoms with van der Waals surface area (Å²) < 4.78 is 0. The van der Waals surface area contributed by atoms with E-state index in [4.69, 9.17) is 5.73 Å². The zero-order valence-electron chi connectivity index (χ0n) is 11.2. The highest BCUT2D eigenvalue weighted by Crippen LogP contribution is 2.25. The quantitative estimate of drug-likeness (QED) is 0.729. The lowest BCUT2D eigenvalue weighted by molar-refractivity contribution is 0.688. The van der Waals surface area contributed by atoms with Gasteiger partial charge in [0.25, 0.3) is 0 Å². The topological polar surface area (TPSA) is 63.8 Å². The molecule has 2 aromatic heterocycles. The maximum atomic E-state index is 5.71. The predicted octanol–water partition coefficient (Wildman–Crippen LogP) is 3.61. The molecule has 3 N–H and O–H groups in total. The number of thioether (sulfide) groups is 1. The van der Waals surface area contributed by atoms with Gasteiger partial charge in [0.1, 0.15) is 10.6 Å². The summed E-state index contributed by atoms with van der Waals surface area (Å²) in [6.45, 7) is 0.945. The zero-order chi connectivity index (χ0) is 13.5. The first kappa shape index (κ1) is 14.4. The van der Waals surface area contributed by atoms with Gasteiger partial charge in [-0.2, -0.15) is 16.7 Å². The highest BCUT2D eigenvalue weighted by molar-refractivity contribution is 7.98. The van der Waals surface area contributed by atoms with Gasteiger partial charge in [-0.1, -0.05) is 12.8 Å². The van der Waals surface area contributed by atoms with E-state index in [1.807, 2.05) is 23.2 Å². The largest absolute Gasteiger partial charge is 0.369 e. The van der Waals surface area contributed by atoms with E-state index in [2.05, 4.69) is 21.5 Å². The number of unbranched alkanes of at least 4 members (excludes halogenated alkanes) is 3. The van der Waals surface area contributed by atoms with Crippen LogP contribution in [0.15, 0.2) is 11.4 Å². The Labute approximate surface area is 122 Å². The number of rotatable bonds is 8. The van der Waals surface area contributed by atoms with Crippen LogP contribution in [0.25, 0.3) is 10.2 Å². The molecule has 0 aliphatic heterocycles. The van der Waals surface area contributed by atoms with Gasteiger partial charge < -0.3 is 11.1 Å². The lowest BCUT2D eigenvalue weighted by Gasteiger charge is -2.07. The minimum absolute atomic E-state index is 0.345. The maximum Gasteiger partial charge on any atom is 0.223 e. The molecule has 2 rings (SSSR count). The SMILES string of the molecule is CSCCCCCCNc1nc(N)nc2sccc12. The molecule has 0 aliphatic rings.